The Hall–Kier alpha value is -2.99. The van der Waals surface area contributed by atoms with E-state index in [1.54, 1.807) is 12.4 Å². The molecule has 2 N–H and O–H groups in total. The fourth-order valence-corrected chi connectivity index (χ4v) is 6.95. The van der Waals surface area contributed by atoms with Gasteiger partial charge in [0.05, 0.1) is 52.3 Å². The SMILES string of the molecule is CC1CCC(Cn2c(N3CC(C)OC4CCOCC43)nc3cc(C4NOC(=O)N4)nc(-c4cncc(Cl)c4)c32)CC1. The number of pyridine rings is 2. The molecule has 11 nitrogen and oxygen atoms in total. The Kier molecular flexibility index (Phi) is 7.22. The molecule has 3 aromatic rings. The van der Waals surface area contributed by atoms with Gasteiger partial charge >= 0.3 is 6.09 Å². The average Bonchev–Trinajstić information content (AvgIpc) is 3.57. The molecule has 12 heteroatoms. The van der Waals surface area contributed by atoms with Gasteiger partial charge in [0.15, 0.2) is 6.17 Å². The van der Waals surface area contributed by atoms with Gasteiger partial charge in [0.25, 0.3) is 0 Å². The molecule has 0 radical (unpaired) electrons. The molecule has 1 saturated carbocycles. The largest absolute Gasteiger partial charge is 0.427 e. The van der Waals surface area contributed by atoms with Gasteiger partial charge in [0, 0.05) is 37.7 Å². The molecule has 0 bridgehead atoms. The zero-order valence-electron chi connectivity index (χ0n) is 23.4. The monoisotopic (exact) mass is 581 g/mol. The van der Waals surface area contributed by atoms with E-state index in [0.29, 0.717) is 29.8 Å². The molecule has 3 aromatic heterocycles. The van der Waals surface area contributed by atoms with Crippen molar-refractivity contribution in [2.24, 2.45) is 11.8 Å². The number of hydrogen-bond acceptors (Lipinski definition) is 9. The van der Waals surface area contributed by atoms with Crippen LogP contribution in [0.3, 0.4) is 0 Å². The summed E-state index contributed by atoms with van der Waals surface area (Å²) >= 11 is 6.42. The van der Waals surface area contributed by atoms with Crippen LogP contribution in [0.25, 0.3) is 22.3 Å². The highest BCUT2D eigenvalue weighted by atomic mass is 35.5. The molecule has 3 aliphatic heterocycles. The smallest absolute Gasteiger partial charge is 0.379 e. The van der Waals surface area contributed by atoms with Gasteiger partial charge < -0.3 is 23.8 Å². The Morgan fingerprint density at radius 1 is 1.10 bits per heavy atom. The van der Waals surface area contributed by atoms with Crippen LogP contribution in [0.15, 0.2) is 24.5 Å². The standard InChI is InChI=1S/C29H36ClN7O4/c1-16-3-5-18(6-4-16)14-37-26-21(33-28(37)36-13-17(2)40-24-7-8-39-15-23(24)36)10-22(27-34-29(38)41-35-27)32-25(26)19-9-20(30)12-31-11-19/h9-12,16-18,23-24,27,35H,3-8,13-15H2,1-2H3,(H,34,38). The van der Waals surface area contributed by atoms with Crippen LogP contribution in [0.4, 0.5) is 10.7 Å². The fraction of sp³-hybridized carbons (Fsp3) is 0.586. The van der Waals surface area contributed by atoms with Crippen molar-refractivity contribution in [1.29, 1.82) is 0 Å². The van der Waals surface area contributed by atoms with Gasteiger partial charge in [-0.2, -0.15) is 0 Å². The van der Waals surface area contributed by atoms with Crippen LogP contribution in [0.5, 0.6) is 0 Å². The lowest BCUT2D eigenvalue weighted by Gasteiger charge is -2.46. The first-order valence-corrected chi connectivity index (χ1v) is 15.1. The molecule has 3 saturated heterocycles. The van der Waals surface area contributed by atoms with Gasteiger partial charge in [0.1, 0.15) is 0 Å². The predicted molar refractivity (Wildman–Crippen MR) is 153 cm³/mol. The molecule has 41 heavy (non-hydrogen) atoms. The van der Waals surface area contributed by atoms with Crippen LogP contribution in [-0.4, -0.2) is 63.6 Å². The van der Waals surface area contributed by atoms with Crippen molar-refractivity contribution in [3.8, 4) is 11.3 Å². The molecular formula is C29H36ClN7O4. The number of hydroxylamine groups is 1. The van der Waals surface area contributed by atoms with Crippen LogP contribution < -0.4 is 15.7 Å². The number of fused-ring (bicyclic) bond motifs is 2. The summed E-state index contributed by atoms with van der Waals surface area (Å²) < 4.78 is 14.7. The first kappa shape index (κ1) is 26.9. The third kappa shape index (κ3) is 5.24. The van der Waals surface area contributed by atoms with Crippen molar-refractivity contribution in [2.45, 2.75) is 76.9 Å². The zero-order valence-corrected chi connectivity index (χ0v) is 24.1. The van der Waals surface area contributed by atoms with Gasteiger partial charge in [-0.05, 0) is 50.2 Å². The third-order valence-corrected chi connectivity index (χ3v) is 9.10. The molecule has 0 aromatic carbocycles. The van der Waals surface area contributed by atoms with Crippen LogP contribution in [0, 0.1) is 11.8 Å². The Balaban J connectivity index is 1.41. The number of halogens is 1. The summed E-state index contributed by atoms with van der Waals surface area (Å²) in [6.07, 6.45) is 8.10. The number of amides is 1. The zero-order chi connectivity index (χ0) is 28.1. The van der Waals surface area contributed by atoms with Gasteiger partial charge in [-0.25, -0.2) is 14.8 Å². The topological polar surface area (TPSA) is 116 Å². The van der Waals surface area contributed by atoms with Crippen molar-refractivity contribution in [3.63, 3.8) is 0 Å². The maximum absolute atomic E-state index is 11.9. The molecule has 4 aliphatic rings. The lowest BCUT2D eigenvalue weighted by molar-refractivity contribution is -0.0967. The number of morpholine rings is 1. The number of carbonyl (C=O) groups excluding carboxylic acids is 1. The van der Waals surface area contributed by atoms with Crippen LogP contribution in [0.2, 0.25) is 5.02 Å². The summed E-state index contributed by atoms with van der Waals surface area (Å²) in [4.78, 5) is 34.0. The number of ether oxygens (including phenoxy) is 2. The van der Waals surface area contributed by atoms with E-state index in [9.17, 15) is 4.79 Å². The molecule has 4 unspecified atom stereocenters. The summed E-state index contributed by atoms with van der Waals surface area (Å²) in [5, 5.41) is 3.29. The van der Waals surface area contributed by atoms with Crippen molar-refractivity contribution in [3.05, 3.63) is 35.2 Å². The summed E-state index contributed by atoms with van der Waals surface area (Å²) in [5.74, 6) is 2.21. The first-order chi connectivity index (χ1) is 19.9. The van der Waals surface area contributed by atoms with E-state index in [1.165, 1.54) is 25.7 Å². The Morgan fingerprint density at radius 3 is 2.73 bits per heavy atom. The van der Waals surface area contributed by atoms with Crippen molar-refractivity contribution < 1.29 is 19.1 Å². The second-order valence-electron chi connectivity index (χ2n) is 12.0. The minimum absolute atomic E-state index is 0.0680. The van der Waals surface area contributed by atoms with Gasteiger partial charge in [0.2, 0.25) is 5.95 Å². The average molecular weight is 582 g/mol. The number of nitrogens with zero attached hydrogens (tertiary/aromatic N) is 5. The van der Waals surface area contributed by atoms with E-state index in [2.05, 4.69) is 39.1 Å². The highest BCUT2D eigenvalue weighted by molar-refractivity contribution is 6.30. The quantitative estimate of drug-likeness (QED) is 0.446. The fourth-order valence-electron chi connectivity index (χ4n) is 6.78. The molecule has 1 amide bonds. The second kappa shape index (κ2) is 11.0. The number of aromatic nitrogens is 4. The lowest BCUT2D eigenvalue weighted by atomic mass is 9.83. The molecular weight excluding hydrogens is 546 g/mol. The Bertz CT molecular complexity index is 1440. The molecule has 4 atom stereocenters. The van der Waals surface area contributed by atoms with Crippen molar-refractivity contribution >= 4 is 34.7 Å². The second-order valence-corrected chi connectivity index (χ2v) is 12.4. The van der Waals surface area contributed by atoms with E-state index in [1.807, 2.05) is 12.1 Å². The lowest BCUT2D eigenvalue weighted by Crippen LogP contribution is -2.59. The number of anilines is 1. The maximum atomic E-state index is 11.9. The van der Waals surface area contributed by atoms with Crippen LogP contribution >= 0.6 is 11.6 Å². The van der Waals surface area contributed by atoms with Crippen LogP contribution in [0.1, 0.15) is 57.8 Å². The highest BCUT2D eigenvalue weighted by Gasteiger charge is 2.40. The minimum atomic E-state index is -0.606. The number of nitrogens with one attached hydrogen (secondary N) is 2. The normalized spacial score (nSPS) is 30.2. The molecule has 218 valence electrons. The maximum Gasteiger partial charge on any atom is 0.427 e. The molecule has 6 heterocycles. The number of carbonyl (C=O) groups is 1. The first-order valence-electron chi connectivity index (χ1n) is 14.7. The summed E-state index contributed by atoms with van der Waals surface area (Å²) in [5.41, 5.74) is 6.56. The predicted octanol–water partition coefficient (Wildman–Crippen LogP) is 4.60. The van der Waals surface area contributed by atoms with Gasteiger partial charge in [-0.1, -0.05) is 31.4 Å². The Labute approximate surface area is 243 Å². The molecule has 1 aliphatic carbocycles. The van der Waals surface area contributed by atoms with Gasteiger partial charge in [-0.3, -0.25) is 10.3 Å². The van der Waals surface area contributed by atoms with Crippen molar-refractivity contribution in [1.82, 2.24) is 30.3 Å². The van der Waals surface area contributed by atoms with Crippen molar-refractivity contribution in [2.75, 3.05) is 24.7 Å². The van der Waals surface area contributed by atoms with E-state index in [-0.39, 0.29) is 18.2 Å². The molecule has 4 fully saturated rings. The van der Waals surface area contributed by atoms with E-state index in [4.69, 9.17) is 35.9 Å². The van der Waals surface area contributed by atoms with E-state index in [0.717, 1.165) is 53.7 Å². The number of rotatable bonds is 5. The summed E-state index contributed by atoms with van der Waals surface area (Å²) in [6, 6.07) is 3.89. The van der Waals surface area contributed by atoms with Crippen LogP contribution in [-0.2, 0) is 20.9 Å². The summed E-state index contributed by atoms with van der Waals surface area (Å²) in [6.45, 7) is 7.35. The minimum Gasteiger partial charge on any atom is -0.379 e. The van der Waals surface area contributed by atoms with Gasteiger partial charge in [-0.15, -0.1) is 5.48 Å². The summed E-state index contributed by atoms with van der Waals surface area (Å²) in [7, 11) is 0. The highest BCUT2D eigenvalue weighted by Crippen LogP contribution is 2.39. The molecule has 7 rings (SSSR count). The number of hydrogen-bond donors (Lipinski definition) is 2. The third-order valence-electron chi connectivity index (χ3n) is 8.89. The number of imidazole rings is 1. The Morgan fingerprint density at radius 2 is 1.95 bits per heavy atom. The van der Waals surface area contributed by atoms with E-state index < -0.39 is 12.3 Å². The van der Waals surface area contributed by atoms with E-state index >= 15 is 0 Å². The molecule has 0 spiro atoms.